The highest BCUT2D eigenvalue weighted by Crippen LogP contribution is 2.00. The van der Waals surface area contributed by atoms with Gasteiger partial charge in [-0.3, -0.25) is 5.41 Å². The van der Waals surface area contributed by atoms with E-state index in [4.69, 9.17) is 11.1 Å². The first-order valence-corrected chi connectivity index (χ1v) is 5.32. The first-order chi connectivity index (χ1) is 6.99. The summed E-state index contributed by atoms with van der Waals surface area (Å²) in [6, 6.07) is -0.138. The Bertz CT molecular complexity index is 217. The van der Waals surface area contributed by atoms with Crippen molar-refractivity contribution in [3.63, 3.8) is 0 Å². The summed E-state index contributed by atoms with van der Waals surface area (Å²) < 4.78 is 0. The molecule has 0 bridgehead atoms. The first kappa shape index (κ1) is 13.7. The van der Waals surface area contributed by atoms with Gasteiger partial charge in [-0.1, -0.05) is 13.3 Å². The molecule has 5 heteroatoms. The highest BCUT2D eigenvalue weighted by atomic mass is 16.2. The van der Waals surface area contributed by atoms with E-state index in [1.807, 2.05) is 6.92 Å². The summed E-state index contributed by atoms with van der Waals surface area (Å²) in [5, 5.41) is 9.96. The fourth-order valence-electron chi connectivity index (χ4n) is 1.15. The minimum atomic E-state index is -0.0998. The van der Waals surface area contributed by atoms with Crippen molar-refractivity contribution in [2.75, 3.05) is 13.6 Å². The Labute approximate surface area is 91.5 Å². The van der Waals surface area contributed by atoms with Crippen molar-refractivity contribution in [3.05, 3.63) is 0 Å². The molecule has 4 N–H and O–H groups in total. The Balaban J connectivity index is 3.90. The average Bonchev–Trinajstić information content (AvgIpc) is 2.15. The second-order valence-electron chi connectivity index (χ2n) is 3.77. The number of hydrogen-bond donors (Lipinski definition) is 3. The molecule has 1 unspecified atom stereocenters. The van der Waals surface area contributed by atoms with E-state index in [1.165, 1.54) is 0 Å². The molecule has 0 aromatic heterocycles. The molecule has 5 nitrogen and oxygen atoms in total. The Morgan fingerprint density at radius 1 is 1.60 bits per heavy atom. The van der Waals surface area contributed by atoms with Crippen LogP contribution in [0.4, 0.5) is 4.79 Å². The van der Waals surface area contributed by atoms with Crippen molar-refractivity contribution in [2.45, 2.75) is 39.2 Å². The minimum absolute atomic E-state index is 0.0378. The SMILES string of the molecule is CCCCNC(=O)N(C)C(C)CC(=N)N. The maximum Gasteiger partial charge on any atom is 0.317 e. The minimum Gasteiger partial charge on any atom is -0.388 e. The van der Waals surface area contributed by atoms with E-state index in [-0.39, 0.29) is 17.9 Å². The van der Waals surface area contributed by atoms with E-state index < -0.39 is 0 Å². The van der Waals surface area contributed by atoms with Gasteiger partial charge in [-0.2, -0.15) is 0 Å². The summed E-state index contributed by atoms with van der Waals surface area (Å²) in [4.78, 5) is 13.1. The van der Waals surface area contributed by atoms with Crippen LogP contribution >= 0.6 is 0 Å². The van der Waals surface area contributed by atoms with Crippen molar-refractivity contribution in [1.29, 1.82) is 5.41 Å². The lowest BCUT2D eigenvalue weighted by Gasteiger charge is -2.24. The number of hydrogen-bond acceptors (Lipinski definition) is 2. The van der Waals surface area contributed by atoms with E-state index in [9.17, 15) is 4.79 Å². The molecular weight excluding hydrogens is 192 g/mol. The summed E-state index contributed by atoms with van der Waals surface area (Å²) in [5.74, 6) is 0.107. The van der Waals surface area contributed by atoms with Crippen molar-refractivity contribution in [1.82, 2.24) is 10.2 Å². The molecule has 88 valence electrons. The van der Waals surface area contributed by atoms with Gasteiger partial charge in [0.15, 0.2) is 0 Å². The van der Waals surface area contributed by atoms with E-state index in [2.05, 4.69) is 12.2 Å². The van der Waals surface area contributed by atoms with Crippen LogP contribution in [-0.2, 0) is 0 Å². The molecule has 0 aliphatic rings. The predicted molar refractivity (Wildman–Crippen MR) is 62.1 cm³/mol. The van der Waals surface area contributed by atoms with Gasteiger partial charge in [-0.15, -0.1) is 0 Å². The van der Waals surface area contributed by atoms with Gasteiger partial charge in [-0.05, 0) is 13.3 Å². The largest absolute Gasteiger partial charge is 0.388 e. The Morgan fingerprint density at radius 3 is 2.67 bits per heavy atom. The third-order valence-electron chi connectivity index (χ3n) is 2.30. The number of rotatable bonds is 6. The van der Waals surface area contributed by atoms with E-state index >= 15 is 0 Å². The summed E-state index contributed by atoms with van der Waals surface area (Å²) in [6.45, 7) is 4.65. The third kappa shape index (κ3) is 5.93. The smallest absolute Gasteiger partial charge is 0.317 e. The average molecular weight is 214 g/mol. The fourth-order valence-corrected chi connectivity index (χ4v) is 1.15. The molecule has 2 amide bonds. The van der Waals surface area contributed by atoms with Gasteiger partial charge < -0.3 is 16.0 Å². The van der Waals surface area contributed by atoms with Crippen LogP contribution in [0.1, 0.15) is 33.1 Å². The second kappa shape index (κ2) is 7.09. The van der Waals surface area contributed by atoms with Crippen LogP contribution in [0.15, 0.2) is 0 Å². The van der Waals surface area contributed by atoms with Crippen LogP contribution in [-0.4, -0.2) is 36.4 Å². The van der Waals surface area contributed by atoms with E-state index in [1.54, 1.807) is 11.9 Å². The number of nitrogens with zero attached hydrogens (tertiary/aromatic N) is 1. The predicted octanol–water partition coefficient (Wildman–Crippen LogP) is 1.14. The first-order valence-electron chi connectivity index (χ1n) is 5.32. The van der Waals surface area contributed by atoms with Crippen LogP contribution in [0.2, 0.25) is 0 Å². The highest BCUT2D eigenvalue weighted by Gasteiger charge is 2.15. The standard InChI is InChI=1S/C10H22N4O/c1-4-5-6-13-10(15)14(3)8(2)7-9(11)12/h8H,4-7H2,1-3H3,(H3,11,12)(H,13,15). The van der Waals surface area contributed by atoms with Crippen LogP contribution in [0.5, 0.6) is 0 Å². The molecule has 0 rings (SSSR count). The van der Waals surface area contributed by atoms with Gasteiger partial charge in [0.2, 0.25) is 0 Å². The third-order valence-corrected chi connectivity index (χ3v) is 2.30. The van der Waals surface area contributed by atoms with Crippen LogP contribution in [0, 0.1) is 5.41 Å². The lowest BCUT2D eigenvalue weighted by atomic mass is 10.2. The number of carbonyl (C=O) groups is 1. The van der Waals surface area contributed by atoms with Crippen molar-refractivity contribution >= 4 is 11.9 Å². The van der Waals surface area contributed by atoms with Gasteiger partial charge in [0.25, 0.3) is 0 Å². The normalized spacial score (nSPS) is 11.9. The highest BCUT2D eigenvalue weighted by molar-refractivity contribution is 5.79. The maximum absolute atomic E-state index is 11.5. The summed E-state index contributed by atoms with van der Waals surface area (Å²) in [7, 11) is 1.72. The molecule has 15 heavy (non-hydrogen) atoms. The van der Waals surface area contributed by atoms with Gasteiger partial charge in [0.1, 0.15) is 0 Å². The number of urea groups is 1. The zero-order valence-electron chi connectivity index (χ0n) is 9.84. The monoisotopic (exact) mass is 214 g/mol. The lowest BCUT2D eigenvalue weighted by Crippen LogP contribution is -2.43. The van der Waals surface area contributed by atoms with Crippen LogP contribution < -0.4 is 11.1 Å². The zero-order chi connectivity index (χ0) is 11.8. The molecule has 0 aromatic carbocycles. The molecular formula is C10H22N4O. The fraction of sp³-hybridized carbons (Fsp3) is 0.800. The number of nitrogens with two attached hydrogens (primary N) is 1. The van der Waals surface area contributed by atoms with Crippen molar-refractivity contribution in [2.24, 2.45) is 5.73 Å². The number of nitrogens with one attached hydrogen (secondary N) is 2. The Kier molecular flexibility index (Phi) is 6.49. The number of amides is 2. The molecule has 0 saturated heterocycles. The Morgan fingerprint density at radius 2 is 2.20 bits per heavy atom. The lowest BCUT2D eigenvalue weighted by molar-refractivity contribution is 0.195. The molecule has 0 spiro atoms. The van der Waals surface area contributed by atoms with Gasteiger partial charge in [-0.25, -0.2) is 4.79 Å². The van der Waals surface area contributed by atoms with Crippen molar-refractivity contribution in [3.8, 4) is 0 Å². The van der Waals surface area contributed by atoms with Gasteiger partial charge in [0.05, 0.1) is 5.84 Å². The second-order valence-corrected chi connectivity index (χ2v) is 3.77. The molecule has 0 saturated carbocycles. The molecule has 0 aliphatic heterocycles. The molecule has 1 atom stereocenters. The van der Waals surface area contributed by atoms with Gasteiger partial charge in [0, 0.05) is 26.1 Å². The van der Waals surface area contributed by atoms with Crippen LogP contribution in [0.25, 0.3) is 0 Å². The quantitative estimate of drug-likeness (QED) is 0.352. The van der Waals surface area contributed by atoms with E-state index in [0.717, 1.165) is 12.8 Å². The zero-order valence-corrected chi connectivity index (χ0v) is 9.84. The molecule has 0 heterocycles. The number of unbranched alkanes of at least 4 members (excludes halogenated alkanes) is 1. The summed E-state index contributed by atoms with van der Waals surface area (Å²) in [5.41, 5.74) is 5.28. The topological polar surface area (TPSA) is 82.2 Å². The Hall–Kier alpha value is -1.26. The van der Waals surface area contributed by atoms with Crippen molar-refractivity contribution < 1.29 is 4.79 Å². The molecule has 0 aromatic rings. The van der Waals surface area contributed by atoms with E-state index in [0.29, 0.717) is 13.0 Å². The molecule has 0 radical (unpaired) electrons. The van der Waals surface area contributed by atoms with Gasteiger partial charge >= 0.3 is 6.03 Å². The van der Waals surface area contributed by atoms with Crippen LogP contribution in [0.3, 0.4) is 0 Å². The number of amidine groups is 1. The molecule has 0 aliphatic carbocycles. The summed E-state index contributed by atoms with van der Waals surface area (Å²) >= 11 is 0. The number of carbonyl (C=O) groups excluding carboxylic acids is 1. The maximum atomic E-state index is 11.5. The molecule has 0 fully saturated rings. The summed E-state index contributed by atoms with van der Waals surface area (Å²) in [6.07, 6.45) is 2.46.